The largest absolute Gasteiger partial charge is 0.489 e. The summed E-state index contributed by atoms with van der Waals surface area (Å²) >= 11 is 0. The number of aliphatic hydroxyl groups excluding tert-OH is 1. The summed E-state index contributed by atoms with van der Waals surface area (Å²) < 4.78 is 35.5. The third-order valence-electron chi connectivity index (χ3n) is 6.75. The standard InChI is InChI=1S/C30H38N4O9/c1-29(2)40-24-11-5-9-22(26(24)42-29)38-15-7-13-33(19-21(35)17-20-18-31-28(32-20)34(36)37)14-8-16-39-23-10-6-12-25-27(23)43-30(3,4)41-25/h5-6,9-12,18,21,35H,7-8,13-17,19H2,1-4H3,(H,31,32). The fourth-order valence-electron chi connectivity index (χ4n) is 5.03. The molecule has 5 rings (SSSR count). The molecule has 13 nitrogen and oxygen atoms in total. The summed E-state index contributed by atoms with van der Waals surface area (Å²) in [6.07, 6.45) is 2.22. The quantitative estimate of drug-likeness (QED) is 0.145. The first-order valence-corrected chi connectivity index (χ1v) is 14.3. The molecule has 2 N–H and O–H groups in total. The molecule has 0 amide bonds. The van der Waals surface area contributed by atoms with Crippen LogP contribution in [0.3, 0.4) is 0 Å². The number of rotatable bonds is 15. The highest BCUT2D eigenvalue weighted by molar-refractivity contribution is 5.54. The zero-order valence-electron chi connectivity index (χ0n) is 24.8. The third-order valence-corrected chi connectivity index (χ3v) is 6.75. The Labute approximate surface area is 249 Å². The van der Waals surface area contributed by atoms with Crippen molar-refractivity contribution < 1.29 is 38.5 Å². The van der Waals surface area contributed by atoms with Crippen LogP contribution in [-0.4, -0.2) is 75.4 Å². The van der Waals surface area contributed by atoms with Crippen LogP contribution in [-0.2, 0) is 6.42 Å². The summed E-state index contributed by atoms with van der Waals surface area (Å²) in [5.74, 6) is 1.88. The highest BCUT2D eigenvalue weighted by Gasteiger charge is 2.35. The van der Waals surface area contributed by atoms with Crippen LogP contribution in [0.1, 0.15) is 46.2 Å². The second-order valence-electron chi connectivity index (χ2n) is 11.4. The Balaban J connectivity index is 1.15. The van der Waals surface area contributed by atoms with Crippen molar-refractivity contribution in [3.63, 3.8) is 0 Å². The second-order valence-corrected chi connectivity index (χ2v) is 11.4. The third kappa shape index (κ3) is 7.79. The van der Waals surface area contributed by atoms with Crippen LogP contribution in [0.15, 0.2) is 42.6 Å². The van der Waals surface area contributed by atoms with E-state index in [-0.39, 0.29) is 12.4 Å². The molecule has 1 unspecified atom stereocenters. The van der Waals surface area contributed by atoms with E-state index >= 15 is 0 Å². The van der Waals surface area contributed by atoms with Crippen LogP contribution in [0.4, 0.5) is 5.95 Å². The van der Waals surface area contributed by atoms with Crippen LogP contribution in [0.5, 0.6) is 34.5 Å². The molecule has 0 bridgehead atoms. The Morgan fingerprint density at radius 3 is 1.95 bits per heavy atom. The number of para-hydroxylation sites is 2. The maximum absolute atomic E-state index is 11.0. The molecule has 2 aromatic carbocycles. The van der Waals surface area contributed by atoms with Gasteiger partial charge in [0.05, 0.1) is 19.3 Å². The van der Waals surface area contributed by atoms with Crippen LogP contribution in [0.25, 0.3) is 0 Å². The van der Waals surface area contributed by atoms with Gasteiger partial charge in [-0.15, -0.1) is 0 Å². The Kier molecular flexibility index (Phi) is 8.83. The van der Waals surface area contributed by atoms with Gasteiger partial charge in [-0.05, 0) is 42.0 Å². The van der Waals surface area contributed by atoms with Gasteiger partial charge in [-0.25, -0.2) is 4.98 Å². The first kappa shape index (κ1) is 30.2. The molecule has 1 aromatic heterocycles. The lowest BCUT2D eigenvalue weighted by atomic mass is 10.2. The summed E-state index contributed by atoms with van der Waals surface area (Å²) in [6, 6.07) is 11.1. The number of aromatic amines is 1. The number of aromatic nitrogens is 2. The minimum atomic E-state index is -0.778. The van der Waals surface area contributed by atoms with Crippen molar-refractivity contribution >= 4 is 5.95 Å². The molecular formula is C30H38N4O9. The monoisotopic (exact) mass is 598 g/mol. The number of hydrogen-bond donors (Lipinski definition) is 2. The van der Waals surface area contributed by atoms with Crippen LogP contribution in [0, 0.1) is 10.1 Å². The zero-order chi connectivity index (χ0) is 30.6. The number of ether oxygens (including phenoxy) is 6. The number of benzene rings is 2. The van der Waals surface area contributed by atoms with Crippen molar-refractivity contribution in [3.05, 3.63) is 58.4 Å². The lowest BCUT2D eigenvalue weighted by Crippen LogP contribution is -2.36. The Bertz CT molecular complexity index is 1350. The van der Waals surface area contributed by atoms with Gasteiger partial charge in [0.1, 0.15) is 6.20 Å². The average molecular weight is 599 g/mol. The molecular weight excluding hydrogens is 560 g/mol. The topological polar surface area (TPSA) is 151 Å². The Morgan fingerprint density at radius 2 is 1.47 bits per heavy atom. The lowest BCUT2D eigenvalue weighted by molar-refractivity contribution is -0.393. The van der Waals surface area contributed by atoms with Crippen LogP contribution >= 0.6 is 0 Å². The maximum Gasteiger partial charge on any atom is 0.432 e. The Morgan fingerprint density at radius 1 is 0.930 bits per heavy atom. The molecule has 0 spiro atoms. The number of aliphatic hydroxyl groups is 1. The number of hydrogen-bond acceptors (Lipinski definition) is 11. The fourth-order valence-corrected chi connectivity index (χ4v) is 5.03. The molecule has 43 heavy (non-hydrogen) atoms. The van der Waals surface area contributed by atoms with Gasteiger partial charge in [0, 0.05) is 53.8 Å². The normalized spacial score (nSPS) is 16.3. The molecule has 0 radical (unpaired) electrons. The van der Waals surface area contributed by atoms with Crippen molar-refractivity contribution in [2.45, 2.75) is 64.6 Å². The van der Waals surface area contributed by atoms with Gasteiger partial charge in [-0.1, -0.05) is 17.1 Å². The predicted molar refractivity (Wildman–Crippen MR) is 155 cm³/mol. The number of imidazole rings is 1. The van der Waals surface area contributed by atoms with Crippen LogP contribution < -0.4 is 28.4 Å². The fraction of sp³-hybridized carbons (Fsp3) is 0.500. The minimum absolute atomic E-state index is 0.181. The SMILES string of the molecule is CC1(C)Oc2cccc(OCCCN(CCCOc3cccc4c3OC(C)(C)O4)CC(O)Cc3c[nH]c([N+](=O)[O-])n3)c2O1. The highest BCUT2D eigenvalue weighted by atomic mass is 16.7. The molecule has 2 aliphatic heterocycles. The summed E-state index contributed by atoms with van der Waals surface area (Å²) in [4.78, 5) is 18.9. The molecule has 1 atom stereocenters. The van der Waals surface area contributed by atoms with Gasteiger partial charge < -0.3 is 48.5 Å². The number of nitrogens with one attached hydrogen (secondary N) is 1. The average Bonchev–Trinajstić information content (AvgIpc) is 3.62. The lowest BCUT2D eigenvalue weighted by Gasteiger charge is -2.25. The van der Waals surface area contributed by atoms with E-state index in [9.17, 15) is 15.2 Å². The minimum Gasteiger partial charge on any atom is -0.489 e. The van der Waals surface area contributed by atoms with E-state index in [1.807, 2.05) is 64.1 Å². The Hall–Kier alpha value is -4.23. The van der Waals surface area contributed by atoms with Crippen molar-refractivity contribution in [3.8, 4) is 34.5 Å². The molecule has 0 saturated heterocycles. The maximum atomic E-state index is 11.0. The van der Waals surface area contributed by atoms with Gasteiger partial charge in [-0.2, -0.15) is 0 Å². The van der Waals surface area contributed by atoms with Gasteiger partial charge in [0.15, 0.2) is 28.7 Å². The van der Waals surface area contributed by atoms with E-state index < -0.39 is 22.6 Å². The molecule has 0 aliphatic carbocycles. The van der Waals surface area contributed by atoms with E-state index in [4.69, 9.17) is 28.4 Å². The van der Waals surface area contributed by atoms with Crippen molar-refractivity contribution in [1.29, 1.82) is 0 Å². The summed E-state index contributed by atoms with van der Waals surface area (Å²) in [6.45, 7) is 9.86. The summed E-state index contributed by atoms with van der Waals surface area (Å²) in [5, 5.41) is 21.8. The highest BCUT2D eigenvalue weighted by Crippen LogP contribution is 2.46. The molecule has 2 aliphatic rings. The van der Waals surface area contributed by atoms with E-state index in [0.29, 0.717) is 85.9 Å². The van der Waals surface area contributed by atoms with Gasteiger partial charge >= 0.3 is 5.95 Å². The first-order valence-electron chi connectivity index (χ1n) is 14.3. The summed E-state index contributed by atoms with van der Waals surface area (Å²) in [7, 11) is 0. The van der Waals surface area contributed by atoms with Crippen molar-refractivity contribution in [1.82, 2.24) is 14.9 Å². The van der Waals surface area contributed by atoms with E-state index in [1.165, 1.54) is 6.20 Å². The molecule has 232 valence electrons. The van der Waals surface area contributed by atoms with Gasteiger partial charge in [0.2, 0.25) is 23.1 Å². The molecule has 3 heterocycles. The molecule has 0 fully saturated rings. The number of nitrogens with zero attached hydrogens (tertiary/aromatic N) is 3. The zero-order valence-corrected chi connectivity index (χ0v) is 24.8. The van der Waals surface area contributed by atoms with Crippen molar-refractivity contribution in [2.75, 3.05) is 32.8 Å². The van der Waals surface area contributed by atoms with Gasteiger partial charge in [-0.3, -0.25) is 0 Å². The number of H-pyrrole nitrogens is 1. The van der Waals surface area contributed by atoms with E-state index in [0.717, 1.165) is 0 Å². The molecule has 0 saturated carbocycles. The van der Waals surface area contributed by atoms with E-state index in [2.05, 4.69) is 14.9 Å². The summed E-state index contributed by atoms with van der Waals surface area (Å²) in [5.41, 5.74) is 0.428. The predicted octanol–water partition coefficient (Wildman–Crippen LogP) is 4.48. The second kappa shape index (κ2) is 12.6. The van der Waals surface area contributed by atoms with Crippen LogP contribution in [0.2, 0.25) is 0 Å². The smallest absolute Gasteiger partial charge is 0.432 e. The van der Waals surface area contributed by atoms with E-state index in [1.54, 1.807) is 0 Å². The number of fused-ring (bicyclic) bond motifs is 2. The molecule has 3 aromatic rings. The molecule has 13 heteroatoms. The number of nitro groups is 1. The van der Waals surface area contributed by atoms with Gasteiger partial charge in [0.25, 0.3) is 0 Å². The first-order chi connectivity index (χ1) is 20.5. The van der Waals surface area contributed by atoms with Crippen molar-refractivity contribution in [2.24, 2.45) is 0 Å².